The highest BCUT2D eigenvalue weighted by molar-refractivity contribution is 6.31. The average molecular weight is 253 g/mol. The molecule has 1 aromatic carbocycles. The molecule has 1 saturated heterocycles. The number of halogens is 1. The van der Waals surface area contributed by atoms with Crippen LogP contribution < -0.4 is 10.6 Å². The molecule has 0 spiro atoms. The fraction of sp³-hybridized carbons (Fsp3) is 0.462. The van der Waals surface area contributed by atoms with E-state index >= 15 is 0 Å². The van der Waals surface area contributed by atoms with E-state index in [0.717, 1.165) is 24.9 Å². The summed E-state index contributed by atoms with van der Waals surface area (Å²) in [7, 11) is 0. The van der Waals surface area contributed by atoms with Gasteiger partial charge in [0, 0.05) is 5.02 Å². The van der Waals surface area contributed by atoms with E-state index in [4.69, 9.17) is 11.6 Å². The predicted molar refractivity (Wildman–Crippen MR) is 69.0 cm³/mol. The molecule has 1 fully saturated rings. The lowest BCUT2D eigenvalue weighted by atomic mass is 10.1. The highest BCUT2D eigenvalue weighted by atomic mass is 35.5. The summed E-state index contributed by atoms with van der Waals surface area (Å²) in [6.07, 6.45) is 1.99. The minimum atomic E-state index is -0.0569. The Balaban J connectivity index is 1.99. The molecule has 0 saturated carbocycles. The van der Waals surface area contributed by atoms with Crippen LogP contribution in [0.1, 0.15) is 31.4 Å². The van der Waals surface area contributed by atoms with Gasteiger partial charge in [0.25, 0.3) is 0 Å². The van der Waals surface area contributed by atoms with Crippen LogP contribution in [0.5, 0.6) is 0 Å². The van der Waals surface area contributed by atoms with Gasteiger partial charge in [-0.1, -0.05) is 29.8 Å². The van der Waals surface area contributed by atoms with Gasteiger partial charge in [-0.25, -0.2) is 0 Å². The summed E-state index contributed by atoms with van der Waals surface area (Å²) in [4.78, 5) is 11.9. The van der Waals surface area contributed by atoms with Gasteiger partial charge >= 0.3 is 0 Å². The lowest BCUT2D eigenvalue weighted by molar-refractivity contribution is -0.123. The van der Waals surface area contributed by atoms with Gasteiger partial charge in [0.15, 0.2) is 0 Å². The lowest BCUT2D eigenvalue weighted by Crippen LogP contribution is -2.41. The molecule has 0 aromatic heterocycles. The molecule has 1 aliphatic heterocycles. The third-order valence-corrected chi connectivity index (χ3v) is 3.45. The Morgan fingerprint density at radius 1 is 1.53 bits per heavy atom. The summed E-state index contributed by atoms with van der Waals surface area (Å²) in [6, 6.07) is 7.50. The summed E-state index contributed by atoms with van der Waals surface area (Å²) >= 11 is 6.10. The highest BCUT2D eigenvalue weighted by Crippen LogP contribution is 2.22. The second kappa shape index (κ2) is 5.52. The first-order valence-electron chi connectivity index (χ1n) is 5.96. The zero-order chi connectivity index (χ0) is 12.3. The van der Waals surface area contributed by atoms with Gasteiger partial charge in [0.05, 0.1) is 12.1 Å². The number of carbonyl (C=O) groups excluding carboxylic acids is 1. The van der Waals surface area contributed by atoms with Gasteiger partial charge in [-0.05, 0) is 37.9 Å². The monoisotopic (exact) mass is 252 g/mol. The minimum Gasteiger partial charge on any atom is -0.348 e. The van der Waals surface area contributed by atoms with Gasteiger partial charge < -0.3 is 10.6 Å². The molecular formula is C13H17ClN2O. The molecule has 1 aromatic rings. The van der Waals surface area contributed by atoms with E-state index in [0.29, 0.717) is 5.02 Å². The Hall–Kier alpha value is -1.06. The molecule has 0 bridgehead atoms. The van der Waals surface area contributed by atoms with Crippen LogP contribution in [0.3, 0.4) is 0 Å². The van der Waals surface area contributed by atoms with Gasteiger partial charge in [-0.15, -0.1) is 0 Å². The van der Waals surface area contributed by atoms with Crippen LogP contribution in [0, 0.1) is 0 Å². The Bertz CT molecular complexity index is 402. The Labute approximate surface area is 107 Å². The number of hydrogen-bond donors (Lipinski definition) is 2. The van der Waals surface area contributed by atoms with Gasteiger partial charge in [0.2, 0.25) is 5.91 Å². The van der Waals surface area contributed by atoms with E-state index in [1.807, 2.05) is 31.2 Å². The molecular weight excluding hydrogens is 236 g/mol. The zero-order valence-electron chi connectivity index (χ0n) is 9.87. The number of hydrogen-bond acceptors (Lipinski definition) is 2. The lowest BCUT2D eigenvalue weighted by Gasteiger charge is -2.18. The molecule has 0 unspecified atom stereocenters. The first kappa shape index (κ1) is 12.4. The number of rotatable bonds is 3. The second-order valence-electron chi connectivity index (χ2n) is 4.40. The average Bonchev–Trinajstić information content (AvgIpc) is 2.82. The topological polar surface area (TPSA) is 41.1 Å². The van der Waals surface area contributed by atoms with Crippen molar-refractivity contribution in [1.29, 1.82) is 0 Å². The van der Waals surface area contributed by atoms with E-state index in [1.165, 1.54) is 0 Å². The molecule has 17 heavy (non-hydrogen) atoms. The molecule has 92 valence electrons. The Morgan fingerprint density at radius 3 is 2.94 bits per heavy atom. The molecule has 2 N–H and O–H groups in total. The van der Waals surface area contributed by atoms with Crippen LogP contribution in [0.15, 0.2) is 24.3 Å². The first-order chi connectivity index (χ1) is 8.18. The third-order valence-electron chi connectivity index (χ3n) is 3.11. The highest BCUT2D eigenvalue weighted by Gasteiger charge is 2.23. The number of amides is 1. The quantitative estimate of drug-likeness (QED) is 0.867. The van der Waals surface area contributed by atoms with E-state index < -0.39 is 0 Å². The molecule has 0 aliphatic carbocycles. The molecule has 4 heteroatoms. The largest absolute Gasteiger partial charge is 0.348 e. The number of benzene rings is 1. The van der Waals surface area contributed by atoms with Crippen molar-refractivity contribution in [3.8, 4) is 0 Å². The fourth-order valence-electron chi connectivity index (χ4n) is 2.13. The van der Waals surface area contributed by atoms with Crippen molar-refractivity contribution in [2.45, 2.75) is 31.8 Å². The van der Waals surface area contributed by atoms with Crippen molar-refractivity contribution in [2.75, 3.05) is 6.54 Å². The maximum atomic E-state index is 11.9. The second-order valence-corrected chi connectivity index (χ2v) is 4.81. The van der Waals surface area contributed by atoms with Crippen LogP contribution in [0.25, 0.3) is 0 Å². The molecule has 2 rings (SSSR count). The first-order valence-corrected chi connectivity index (χ1v) is 6.34. The predicted octanol–water partition coefficient (Wildman–Crippen LogP) is 2.27. The van der Waals surface area contributed by atoms with E-state index in [9.17, 15) is 4.79 Å². The summed E-state index contributed by atoms with van der Waals surface area (Å²) < 4.78 is 0. The summed E-state index contributed by atoms with van der Waals surface area (Å²) in [5, 5.41) is 6.87. The maximum absolute atomic E-state index is 11.9. The molecule has 1 heterocycles. The van der Waals surface area contributed by atoms with E-state index in [-0.39, 0.29) is 18.0 Å². The maximum Gasteiger partial charge on any atom is 0.237 e. The fourth-order valence-corrected chi connectivity index (χ4v) is 2.43. The van der Waals surface area contributed by atoms with Crippen LogP contribution in [0.2, 0.25) is 5.02 Å². The van der Waals surface area contributed by atoms with Crippen molar-refractivity contribution in [1.82, 2.24) is 10.6 Å². The molecule has 0 radical (unpaired) electrons. The standard InChI is InChI=1S/C13H17ClN2O/c1-9(10-5-2-3-6-11(10)14)16-13(17)12-7-4-8-15-12/h2-3,5-6,9,12,15H,4,7-8H2,1H3,(H,16,17)/t9-,12+/m1/s1. The van der Waals surface area contributed by atoms with Crippen molar-refractivity contribution >= 4 is 17.5 Å². The van der Waals surface area contributed by atoms with Gasteiger partial charge in [0.1, 0.15) is 0 Å². The van der Waals surface area contributed by atoms with Crippen LogP contribution in [-0.2, 0) is 4.79 Å². The molecule has 1 amide bonds. The van der Waals surface area contributed by atoms with Crippen molar-refractivity contribution in [2.24, 2.45) is 0 Å². The van der Waals surface area contributed by atoms with Crippen molar-refractivity contribution in [3.05, 3.63) is 34.9 Å². The Kier molecular flexibility index (Phi) is 4.02. The van der Waals surface area contributed by atoms with Crippen molar-refractivity contribution in [3.63, 3.8) is 0 Å². The summed E-state index contributed by atoms with van der Waals surface area (Å²) in [5.41, 5.74) is 0.959. The zero-order valence-corrected chi connectivity index (χ0v) is 10.6. The summed E-state index contributed by atoms with van der Waals surface area (Å²) in [5.74, 6) is 0.0647. The molecule has 1 aliphatic rings. The smallest absolute Gasteiger partial charge is 0.237 e. The van der Waals surface area contributed by atoms with Crippen LogP contribution in [0.4, 0.5) is 0 Å². The van der Waals surface area contributed by atoms with Crippen LogP contribution in [-0.4, -0.2) is 18.5 Å². The van der Waals surface area contributed by atoms with Crippen molar-refractivity contribution < 1.29 is 4.79 Å². The molecule has 2 atom stereocenters. The van der Waals surface area contributed by atoms with Gasteiger partial charge in [-0.3, -0.25) is 4.79 Å². The summed E-state index contributed by atoms with van der Waals surface area (Å²) in [6.45, 7) is 2.88. The third kappa shape index (κ3) is 2.99. The van der Waals surface area contributed by atoms with E-state index in [2.05, 4.69) is 10.6 Å². The van der Waals surface area contributed by atoms with Gasteiger partial charge in [-0.2, -0.15) is 0 Å². The number of nitrogens with one attached hydrogen (secondary N) is 2. The minimum absolute atomic E-state index is 0.0417. The SMILES string of the molecule is C[C@@H](NC(=O)[C@@H]1CCCN1)c1ccccc1Cl. The van der Waals surface area contributed by atoms with Crippen LogP contribution >= 0.6 is 11.6 Å². The van der Waals surface area contributed by atoms with E-state index in [1.54, 1.807) is 0 Å². The number of carbonyl (C=O) groups is 1. The normalized spacial score (nSPS) is 21.2. The Morgan fingerprint density at radius 2 is 2.29 bits per heavy atom. The molecule has 3 nitrogen and oxygen atoms in total.